The van der Waals surface area contributed by atoms with E-state index in [9.17, 15) is 4.39 Å². The maximum Gasteiger partial charge on any atom is 0.144 e. The summed E-state index contributed by atoms with van der Waals surface area (Å²) in [5.41, 5.74) is 5.11. The van der Waals surface area contributed by atoms with E-state index in [1.54, 1.807) is 12.1 Å². The van der Waals surface area contributed by atoms with E-state index >= 15 is 0 Å². The van der Waals surface area contributed by atoms with Gasteiger partial charge in [0.1, 0.15) is 17.4 Å². The average molecular weight is 319 g/mol. The van der Waals surface area contributed by atoms with Crippen molar-refractivity contribution in [3.8, 4) is 5.75 Å². The van der Waals surface area contributed by atoms with E-state index < -0.39 is 5.41 Å². The van der Waals surface area contributed by atoms with Crippen molar-refractivity contribution in [2.45, 2.75) is 20.3 Å². The first-order valence-corrected chi connectivity index (χ1v) is 6.22. The quantitative estimate of drug-likeness (QED) is 0.379. The molecular weight excluding hydrogens is 303 g/mol. The number of benzene rings is 1. The molecule has 1 aromatic rings. The first-order chi connectivity index (χ1) is 8.36. The van der Waals surface area contributed by atoms with Crippen LogP contribution in [0.5, 0.6) is 5.75 Å². The van der Waals surface area contributed by atoms with E-state index in [-0.39, 0.29) is 11.7 Å². The normalized spacial score (nSPS) is 12.6. The van der Waals surface area contributed by atoms with Gasteiger partial charge in [0.25, 0.3) is 0 Å². The third-order valence-corrected chi connectivity index (χ3v) is 3.30. The van der Waals surface area contributed by atoms with E-state index in [0.717, 1.165) is 0 Å². The highest BCUT2D eigenvalue weighted by Gasteiger charge is 2.23. The molecule has 1 aromatic carbocycles. The van der Waals surface area contributed by atoms with Gasteiger partial charge in [-0.1, -0.05) is 19.0 Å². The lowest BCUT2D eigenvalue weighted by Crippen LogP contribution is -2.33. The second kappa shape index (κ2) is 6.04. The molecule has 0 saturated carbocycles. The third kappa shape index (κ3) is 3.87. The summed E-state index contributed by atoms with van der Waals surface area (Å²) in [6.07, 6.45) is 0.581. The van der Waals surface area contributed by atoms with Gasteiger partial charge in [0.15, 0.2) is 0 Å². The molecule has 0 aromatic heterocycles. The van der Waals surface area contributed by atoms with Gasteiger partial charge in [-0.05, 0) is 40.5 Å². The zero-order chi connectivity index (χ0) is 13.8. The molecule has 0 aliphatic rings. The molecule has 0 spiro atoms. The summed E-state index contributed by atoms with van der Waals surface area (Å²) < 4.78 is 18.8. The lowest BCUT2D eigenvalue weighted by molar-refractivity contribution is 0.259. The second-order valence-corrected chi connectivity index (χ2v) is 5.40. The Morgan fingerprint density at radius 2 is 2.22 bits per heavy atom. The van der Waals surface area contributed by atoms with Crippen molar-refractivity contribution in [3.05, 3.63) is 28.5 Å². The number of nitrogens with zero attached hydrogens (tertiary/aromatic N) is 1. The predicted octanol–water partition coefficient (Wildman–Crippen LogP) is 3.13. The largest absolute Gasteiger partial charge is 0.494 e. The highest BCUT2D eigenvalue weighted by molar-refractivity contribution is 9.10. The summed E-state index contributed by atoms with van der Waals surface area (Å²) in [7, 11) is 0. The Kier molecular flexibility index (Phi) is 4.95. The lowest BCUT2D eigenvalue weighted by Gasteiger charge is -2.22. The van der Waals surface area contributed by atoms with Crippen LogP contribution in [0.4, 0.5) is 4.39 Å². The maximum atomic E-state index is 13.0. The topological polar surface area (TPSA) is 67.8 Å². The van der Waals surface area contributed by atoms with Gasteiger partial charge < -0.3 is 15.7 Å². The molecule has 3 N–H and O–H groups in total. The van der Waals surface area contributed by atoms with Gasteiger partial charge in [-0.25, -0.2) is 4.39 Å². The molecule has 18 heavy (non-hydrogen) atoms. The van der Waals surface area contributed by atoms with Crippen LogP contribution in [0.25, 0.3) is 0 Å². The average Bonchev–Trinajstić information content (AvgIpc) is 2.32. The van der Waals surface area contributed by atoms with Crippen LogP contribution in [0.1, 0.15) is 20.3 Å². The summed E-state index contributed by atoms with van der Waals surface area (Å²) in [5.74, 6) is 0.393. The summed E-state index contributed by atoms with van der Waals surface area (Å²) in [5, 5.41) is 11.6. The molecule has 0 aliphatic heterocycles. The minimum atomic E-state index is -0.452. The van der Waals surface area contributed by atoms with Gasteiger partial charge in [0.05, 0.1) is 11.1 Å². The Morgan fingerprint density at radius 3 is 2.78 bits per heavy atom. The number of nitrogens with two attached hydrogens (primary N) is 1. The fourth-order valence-corrected chi connectivity index (χ4v) is 1.61. The molecule has 0 unspecified atom stereocenters. The molecule has 6 heteroatoms. The van der Waals surface area contributed by atoms with Crippen LogP contribution in [-0.2, 0) is 0 Å². The molecule has 0 bridgehead atoms. The molecular formula is C12H16BrFN2O2. The Balaban J connectivity index is 2.54. The fraction of sp³-hybridized carbons (Fsp3) is 0.417. The third-order valence-electron chi connectivity index (χ3n) is 2.69. The Morgan fingerprint density at radius 1 is 1.56 bits per heavy atom. The number of ether oxygens (including phenoxy) is 1. The molecule has 4 nitrogen and oxygen atoms in total. The van der Waals surface area contributed by atoms with Gasteiger partial charge >= 0.3 is 0 Å². The van der Waals surface area contributed by atoms with Crippen molar-refractivity contribution >= 4 is 21.8 Å². The van der Waals surface area contributed by atoms with Crippen molar-refractivity contribution in [1.82, 2.24) is 0 Å². The Hall–Kier alpha value is -1.30. The van der Waals surface area contributed by atoms with Gasteiger partial charge in [0, 0.05) is 5.41 Å². The molecule has 100 valence electrons. The monoisotopic (exact) mass is 318 g/mol. The van der Waals surface area contributed by atoms with Crippen LogP contribution in [-0.4, -0.2) is 17.6 Å². The van der Waals surface area contributed by atoms with Crippen LogP contribution >= 0.6 is 15.9 Å². The minimum absolute atomic E-state index is 0.159. The first kappa shape index (κ1) is 14.8. The van der Waals surface area contributed by atoms with Crippen LogP contribution in [0.3, 0.4) is 0 Å². The van der Waals surface area contributed by atoms with E-state index in [1.165, 1.54) is 6.07 Å². The predicted molar refractivity (Wildman–Crippen MR) is 71.4 cm³/mol. The zero-order valence-electron chi connectivity index (χ0n) is 10.3. The van der Waals surface area contributed by atoms with E-state index in [4.69, 9.17) is 15.7 Å². The van der Waals surface area contributed by atoms with Crippen LogP contribution in [0, 0.1) is 11.2 Å². The molecule has 0 heterocycles. The minimum Gasteiger partial charge on any atom is -0.494 e. The summed E-state index contributed by atoms with van der Waals surface area (Å²) in [4.78, 5) is 0. The number of hydrogen-bond donors (Lipinski definition) is 2. The molecule has 0 fully saturated rings. The molecule has 0 amide bonds. The van der Waals surface area contributed by atoms with Crippen molar-refractivity contribution in [3.63, 3.8) is 0 Å². The number of oxime groups is 1. The van der Waals surface area contributed by atoms with E-state index in [1.807, 2.05) is 13.8 Å². The number of halogens is 2. The standard InChI is InChI=1S/C12H16BrFN2O2/c1-12(2,11(15)16-17)5-6-18-8-3-4-10(14)9(13)7-8/h3-4,7,17H,5-6H2,1-2H3,(H2,15,16). The highest BCUT2D eigenvalue weighted by Crippen LogP contribution is 2.24. The molecule has 0 aliphatic carbocycles. The smallest absolute Gasteiger partial charge is 0.144 e. The molecule has 0 atom stereocenters. The fourth-order valence-electron chi connectivity index (χ4n) is 1.25. The Labute approximate surface area is 114 Å². The summed E-state index contributed by atoms with van der Waals surface area (Å²) in [6, 6.07) is 4.44. The van der Waals surface area contributed by atoms with Gasteiger partial charge in [-0.3, -0.25) is 0 Å². The van der Waals surface area contributed by atoms with Gasteiger partial charge in [-0.15, -0.1) is 0 Å². The zero-order valence-corrected chi connectivity index (χ0v) is 11.9. The van der Waals surface area contributed by atoms with Crippen molar-refractivity contribution < 1.29 is 14.3 Å². The van der Waals surface area contributed by atoms with E-state index in [0.29, 0.717) is 23.2 Å². The van der Waals surface area contributed by atoms with Gasteiger partial charge in [0.2, 0.25) is 0 Å². The van der Waals surface area contributed by atoms with Crippen molar-refractivity contribution in [1.29, 1.82) is 0 Å². The van der Waals surface area contributed by atoms with Crippen LogP contribution in [0.2, 0.25) is 0 Å². The highest BCUT2D eigenvalue weighted by atomic mass is 79.9. The SMILES string of the molecule is CC(C)(CCOc1ccc(F)c(Br)c1)/C(N)=N/O. The summed E-state index contributed by atoms with van der Waals surface area (Å²) in [6.45, 7) is 4.10. The van der Waals surface area contributed by atoms with Crippen LogP contribution in [0.15, 0.2) is 27.8 Å². The number of hydrogen-bond acceptors (Lipinski definition) is 3. The Bertz CT molecular complexity index is 450. The maximum absolute atomic E-state index is 13.0. The first-order valence-electron chi connectivity index (χ1n) is 5.42. The van der Waals surface area contributed by atoms with Crippen molar-refractivity contribution in [2.75, 3.05) is 6.61 Å². The summed E-state index contributed by atoms with van der Waals surface area (Å²) >= 11 is 3.08. The van der Waals surface area contributed by atoms with E-state index in [2.05, 4.69) is 21.1 Å². The van der Waals surface area contributed by atoms with Crippen molar-refractivity contribution in [2.24, 2.45) is 16.3 Å². The number of amidine groups is 1. The lowest BCUT2D eigenvalue weighted by atomic mass is 9.88. The molecule has 0 radical (unpaired) electrons. The van der Waals surface area contributed by atoms with Gasteiger partial charge in [-0.2, -0.15) is 0 Å². The molecule has 0 saturated heterocycles. The van der Waals surface area contributed by atoms with Crippen LogP contribution < -0.4 is 10.5 Å². The number of rotatable bonds is 5. The molecule has 1 rings (SSSR count). The second-order valence-electron chi connectivity index (χ2n) is 4.54.